The lowest BCUT2D eigenvalue weighted by Crippen LogP contribution is -2.74. The van der Waals surface area contributed by atoms with Gasteiger partial charge in [0.05, 0.1) is 11.5 Å². The van der Waals surface area contributed by atoms with Crippen molar-refractivity contribution >= 4 is 11.6 Å². The van der Waals surface area contributed by atoms with E-state index >= 15 is 0 Å². The number of hydrogen-bond acceptors (Lipinski definition) is 9. The van der Waals surface area contributed by atoms with Crippen LogP contribution >= 0.6 is 0 Å². The Morgan fingerprint density at radius 1 is 1.40 bits per heavy atom. The van der Waals surface area contributed by atoms with E-state index in [0.717, 1.165) is 19.1 Å². The van der Waals surface area contributed by atoms with Gasteiger partial charge in [0.1, 0.15) is 24.1 Å². The predicted octanol–water partition coefficient (Wildman–Crippen LogP) is -1.76. The number of non-ortho nitro benzene ring substituents is 1. The molecule has 0 radical (unpaired) electrons. The highest BCUT2D eigenvalue weighted by Gasteiger charge is 2.57. The van der Waals surface area contributed by atoms with Gasteiger partial charge in [-0.05, 0) is 12.1 Å². The summed E-state index contributed by atoms with van der Waals surface area (Å²) >= 11 is 0. The number of nitrogens with one attached hydrogen (secondary N) is 1. The summed E-state index contributed by atoms with van der Waals surface area (Å²) in [4.78, 5) is 21.4. The fourth-order valence-electron chi connectivity index (χ4n) is 2.40. The Labute approximate surface area is 141 Å². The van der Waals surface area contributed by atoms with Crippen LogP contribution in [0.1, 0.15) is 6.92 Å². The SMILES string of the molecule is CC(=O)N[C@]1(O)[C@@H](Oc2ccc([N+](=O)[O-])cc2)O[C@H](CO)[C@@H](O)[C@@H]1O. The molecule has 1 aliphatic rings. The number of nitro groups is 1. The van der Waals surface area contributed by atoms with E-state index in [4.69, 9.17) is 9.47 Å². The summed E-state index contributed by atoms with van der Waals surface area (Å²) in [5.74, 6) is -0.711. The molecule has 0 spiro atoms. The molecule has 138 valence electrons. The Balaban J connectivity index is 2.29. The van der Waals surface area contributed by atoms with Crippen LogP contribution < -0.4 is 10.1 Å². The van der Waals surface area contributed by atoms with E-state index in [1.165, 1.54) is 12.1 Å². The van der Waals surface area contributed by atoms with Crippen molar-refractivity contribution in [1.82, 2.24) is 5.32 Å². The van der Waals surface area contributed by atoms with E-state index in [2.05, 4.69) is 0 Å². The molecule has 1 aromatic rings. The van der Waals surface area contributed by atoms with E-state index in [1.54, 1.807) is 0 Å². The number of rotatable bonds is 5. The second-order valence-corrected chi connectivity index (χ2v) is 5.50. The third kappa shape index (κ3) is 3.86. The Kier molecular flexibility index (Phi) is 5.55. The number of nitrogens with zero attached hydrogens (tertiary/aromatic N) is 1. The van der Waals surface area contributed by atoms with Gasteiger partial charge < -0.3 is 35.2 Å². The van der Waals surface area contributed by atoms with Crippen LogP contribution in [0.4, 0.5) is 5.69 Å². The van der Waals surface area contributed by atoms with Gasteiger partial charge >= 0.3 is 0 Å². The molecule has 1 saturated heterocycles. The Morgan fingerprint density at radius 3 is 2.48 bits per heavy atom. The fourth-order valence-corrected chi connectivity index (χ4v) is 2.40. The maximum atomic E-state index is 11.3. The molecule has 11 heteroatoms. The van der Waals surface area contributed by atoms with Crippen molar-refractivity contribution in [3.8, 4) is 5.75 Å². The van der Waals surface area contributed by atoms with Gasteiger partial charge in [0.25, 0.3) is 12.0 Å². The molecule has 1 amide bonds. The zero-order valence-electron chi connectivity index (χ0n) is 13.1. The number of benzene rings is 1. The highest BCUT2D eigenvalue weighted by atomic mass is 16.7. The van der Waals surface area contributed by atoms with Crippen molar-refractivity contribution in [3.63, 3.8) is 0 Å². The van der Waals surface area contributed by atoms with Crippen LogP contribution in [0.25, 0.3) is 0 Å². The van der Waals surface area contributed by atoms with Crippen LogP contribution in [0, 0.1) is 10.1 Å². The van der Waals surface area contributed by atoms with Gasteiger partial charge in [-0.2, -0.15) is 0 Å². The molecular formula is C14H18N2O9. The van der Waals surface area contributed by atoms with Gasteiger partial charge in [-0.15, -0.1) is 0 Å². The number of aliphatic hydroxyl groups excluding tert-OH is 3. The standard InChI is InChI=1S/C14H18N2O9/c1-7(18)15-14(21)12(20)11(19)10(6-17)25-13(14)24-9-4-2-8(3-5-9)16(22)23/h2-5,10-13,17,19-21H,6H2,1H3,(H,15,18)/t10-,11-,12+,13+,14-/m1/s1. The molecule has 25 heavy (non-hydrogen) atoms. The van der Waals surface area contributed by atoms with Crippen LogP contribution in [0.3, 0.4) is 0 Å². The predicted molar refractivity (Wildman–Crippen MR) is 80.3 cm³/mol. The molecule has 0 bridgehead atoms. The lowest BCUT2D eigenvalue weighted by atomic mass is 9.93. The molecule has 1 fully saturated rings. The molecule has 1 aromatic carbocycles. The second kappa shape index (κ2) is 7.29. The molecule has 0 aliphatic carbocycles. The molecule has 11 nitrogen and oxygen atoms in total. The smallest absolute Gasteiger partial charge is 0.269 e. The van der Waals surface area contributed by atoms with E-state index in [0.29, 0.717) is 0 Å². The second-order valence-electron chi connectivity index (χ2n) is 5.50. The number of carbonyl (C=O) groups is 1. The number of carbonyl (C=O) groups excluding carboxylic acids is 1. The van der Waals surface area contributed by atoms with Gasteiger partial charge in [0.15, 0.2) is 0 Å². The van der Waals surface area contributed by atoms with Crippen LogP contribution in [-0.4, -0.2) is 68.2 Å². The minimum absolute atomic E-state index is 0.0275. The van der Waals surface area contributed by atoms with Gasteiger partial charge in [0.2, 0.25) is 11.6 Å². The summed E-state index contributed by atoms with van der Waals surface area (Å²) in [6, 6.07) is 4.73. The minimum atomic E-state index is -2.52. The first kappa shape index (κ1) is 19.0. The summed E-state index contributed by atoms with van der Waals surface area (Å²) in [7, 11) is 0. The van der Waals surface area contributed by atoms with Gasteiger partial charge in [-0.25, -0.2) is 0 Å². The van der Waals surface area contributed by atoms with E-state index in [1.807, 2.05) is 5.32 Å². The summed E-state index contributed by atoms with van der Waals surface area (Å²) in [5, 5.41) is 52.5. The number of hydrogen-bond donors (Lipinski definition) is 5. The molecule has 1 heterocycles. The average Bonchev–Trinajstić information content (AvgIpc) is 2.55. The monoisotopic (exact) mass is 358 g/mol. The summed E-state index contributed by atoms with van der Waals surface area (Å²) in [6.07, 6.45) is -6.61. The largest absolute Gasteiger partial charge is 0.460 e. The highest BCUT2D eigenvalue weighted by molar-refractivity contribution is 5.73. The van der Waals surface area contributed by atoms with Crippen molar-refractivity contribution < 1.29 is 39.6 Å². The molecule has 0 unspecified atom stereocenters. The van der Waals surface area contributed by atoms with Gasteiger partial charge in [-0.1, -0.05) is 0 Å². The molecule has 0 aromatic heterocycles. The maximum Gasteiger partial charge on any atom is 0.269 e. The first-order valence-corrected chi connectivity index (χ1v) is 7.23. The van der Waals surface area contributed by atoms with Crippen molar-refractivity contribution in [3.05, 3.63) is 34.4 Å². The third-order valence-corrected chi connectivity index (χ3v) is 3.66. The third-order valence-electron chi connectivity index (χ3n) is 3.66. The number of nitro benzene ring substituents is 1. The Hall–Kier alpha value is -2.31. The highest BCUT2D eigenvalue weighted by Crippen LogP contribution is 2.31. The molecule has 5 N–H and O–H groups in total. The Bertz CT molecular complexity index is 638. The molecule has 5 atom stereocenters. The topological polar surface area (TPSA) is 172 Å². The van der Waals surface area contributed by atoms with Crippen molar-refractivity contribution in [2.75, 3.05) is 6.61 Å². The molecule has 0 saturated carbocycles. The summed E-state index contributed by atoms with van der Waals surface area (Å²) in [6.45, 7) is 0.382. The minimum Gasteiger partial charge on any atom is -0.460 e. The molecular weight excluding hydrogens is 340 g/mol. The summed E-state index contributed by atoms with van der Waals surface area (Å²) in [5.41, 5.74) is -2.71. The van der Waals surface area contributed by atoms with Crippen LogP contribution in [0.15, 0.2) is 24.3 Å². The average molecular weight is 358 g/mol. The first-order chi connectivity index (χ1) is 11.7. The van der Waals surface area contributed by atoms with Crippen molar-refractivity contribution in [1.29, 1.82) is 0 Å². The van der Waals surface area contributed by atoms with E-state index in [9.17, 15) is 35.3 Å². The van der Waals surface area contributed by atoms with E-state index in [-0.39, 0.29) is 11.4 Å². The lowest BCUT2D eigenvalue weighted by Gasteiger charge is -2.47. The summed E-state index contributed by atoms with van der Waals surface area (Å²) < 4.78 is 10.6. The van der Waals surface area contributed by atoms with Crippen LogP contribution in [-0.2, 0) is 9.53 Å². The maximum absolute atomic E-state index is 11.3. The number of aliphatic hydroxyl groups is 4. The Morgan fingerprint density at radius 2 is 2.00 bits per heavy atom. The van der Waals surface area contributed by atoms with Gasteiger partial charge in [-0.3, -0.25) is 14.9 Å². The van der Waals surface area contributed by atoms with E-state index < -0.39 is 47.8 Å². The normalized spacial score (nSPS) is 32.0. The number of ether oxygens (including phenoxy) is 2. The zero-order chi connectivity index (χ0) is 18.8. The lowest BCUT2D eigenvalue weighted by molar-refractivity contribution is -0.384. The van der Waals surface area contributed by atoms with Crippen LogP contribution in [0.2, 0.25) is 0 Å². The first-order valence-electron chi connectivity index (χ1n) is 7.23. The fraction of sp³-hybridized carbons (Fsp3) is 0.500. The zero-order valence-corrected chi connectivity index (χ0v) is 13.1. The quantitative estimate of drug-likeness (QED) is 0.232. The van der Waals surface area contributed by atoms with Gasteiger partial charge in [0, 0.05) is 19.1 Å². The molecule has 2 rings (SSSR count). The van der Waals surface area contributed by atoms with Crippen molar-refractivity contribution in [2.24, 2.45) is 0 Å². The molecule has 1 aliphatic heterocycles. The van der Waals surface area contributed by atoms with Crippen LogP contribution in [0.5, 0.6) is 5.75 Å². The van der Waals surface area contributed by atoms with Crippen molar-refractivity contribution in [2.45, 2.75) is 37.3 Å². The number of amides is 1.